The smallest absolute Gasteiger partial charge is 0.261 e. The van der Waals surface area contributed by atoms with E-state index in [9.17, 15) is 17.6 Å². The zero-order chi connectivity index (χ0) is 20.3. The van der Waals surface area contributed by atoms with Gasteiger partial charge in [-0.3, -0.25) is 9.52 Å². The molecule has 144 valence electrons. The maximum absolute atomic E-state index is 12.9. The van der Waals surface area contributed by atoms with E-state index in [-0.39, 0.29) is 16.5 Å². The van der Waals surface area contributed by atoms with Crippen molar-refractivity contribution in [3.63, 3.8) is 0 Å². The number of hydrogen-bond acceptors (Lipinski definition) is 3. The fourth-order valence-electron chi connectivity index (χ4n) is 2.44. The van der Waals surface area contributed by atoms with Crippen LogP contribution in [0.3, 0.4) is 0 Å². The molecule has 1 amide bonds. The molecule has 0 aromatic heterocycles. The van der Waals surface area contributed by atoms with Crippen molar-refractivity contribution in [2.24, 2.45) is 0 Å². The van der Waals surface area contributed by atoms with Gasteiger partial charge in [-0.05, 0) is 73.2 Å². The van der Waals surface area contributed by atoms with E-state index in [1.807, 2.05) is 6.92 Å². The predicted octanol–water partition coefficient (Wildman–Crippen LogP) is 4.84. The second-order valence-corrected chi connectivity index (χ2v) is 8.17. The van der Waals surface area contributed by atoms with Crippen molar-refractivity contribution >= 4 is 38.9 Å². The highest BCUT2D eigenvalue weighted by molar-refractivity contribution is 7.92. The number of benzene rings is 3. The van der Waals surface area contributed by atoms with Gasteiger partial charge in [0.1, 0.15) is 5.82 Å². The van der Waals surface area contributed by atoms with Crippen molar-refractivity contribution in [1.82, 2.24) is 0 Å². The summed E-state index contributed by atoms with van der Waals surface area (Å²) in [6.07, 6.45) is 0. The molecule has 2 N–H and O–H groups in total. The van der Waals surface area contributed by atoms with E-state index in [1.165, 1.54) is 36.4 Å². The molecule has 5 nitrogen and oxygen atoms in total. The Labute approximate surface area is 167 Å². The summed E-state index contributed by atoms with van der Waals surface area (Å²) in [5.41, 5.74) is 1.95. The van der Waals surface area contributed by atoms with Gasteiger partial charge in [0, 0.05) is 22.0 Å². The molecule has 0 spiro atoms. The van der Waals surface area contributed by atoms with Gasteiger partial charge in [-0.25, -0.2) is 12.8 Å². The van der Waals surface area contributed by atoms with E-state index in [4.69, 9.17) is 11.6 Å². The van der Waals surface area contributed by atoms with Crippen molar-refractivity contribution in [2.75, 3.05) is 10.0 Å². The average molecular weight is 419 g/mol. The summed E-state index contributed by atoms with van der Waals surface area (Å²) < 4.78 is 40.1. The molecule has 0 bridgehead atoms. The number of sulfonamides is 1. The molecule has 0 aliphatic rings. The van der Waals surface area contributed by atoms with E-state index in [0.29, 0.717) is 16.3 Å². The molecule has 0 unspecified atom stereocenters. The lowest BCUT2D eigenvalue weighted by atomic mass is 10.1. The third-order valence-electron chi connectivity index (χ3n) is 3.97. The number of hydrogen-bond donors (Lipinski definition) is 2. The molecule has 3 rings (SSSR count). The first-order chi connectivity index (χ1) is 13.2. The fourth-order valence-corrected chi connectivity index (χ4v) is 3.67. The summed E-state index contributed by atoms with van der Waals surface area (Å²) in [5, 5.41) is 3.24. The minimum Gasteiger partial charge on any atom is -0.322 e. The first kappa shape index (κ1) is 19.9. The fraction of sp³-hybridized carbons (Fsp3) is 0.0500. The molecule has 0 saturated carbocycles. The van der Waals surface area contributed by atoms with Crippen LogP contribution >= 0.6 is 11.6 Å². The van der Waals surface area contributed by atoms with Crippen molar-refractivity contribution in [3.8, 4) is 0 Å². The quantitative estimate of drug-likeness (QED) is 0.622. The lowest BCUT2D eigenvalue weighted by molar-refractivity contribution is 0.102. The first-order valence-corrected chi connectivity index (χ1v) is 10.1. The van der Waals surface area contributed by atoms with Gasteiger partial charge in [0.2, 0.25) is 0 Å². The standard InChI is InChI=1S/C20H16ClFN2O3S/c1-13-2-5-15(21)12-19(13)23-20(25)14-3-10-18(11-4-14)28(26,27)24-17-8-6-16(22)7-9-17/h2-12,24H,1H3,(H,23,25). The molecule has 8 heteroatoms. The molecule has 0 saturated heterocycles. The second-order valence-electron chi connectivity index (χ2n) is 6.05. The van der Waals surface area contributed by atoms with Gasteiger partial charge in [-0.15, -0.1) is 0 Å². The Morgan fingerprint density at radius 1 is 0.964 bits per heavy atom. The van der Waals surface area contributed by atoms with Crippen LogP contribution < -0.4 is 10.0 Å². The lowest BCUT2D eigenvalue weighted by Crippen LogP contribution is -2.15. The molecule has 0 radical (unpaired) electrons. The third-order valence-corrected chi connectivity index (χ3v) is 5.60. The van der Waals surface area contributed by atoms with E-state index < -0.39 is 15.8 Å². The Balaban J connectivity index is 1.75. The molecule has 0 atom stereocenters. The van der Waals surface area contributed by atoms with Gasteiger partial charge in [0.15, 0.2) is 0 Å². The van der Waals surface area contributed by atoms with E-state index >= 15 is 0 Å². The van der Waals surface area contributed by atoms with E-state index in [2.05, 4.69) is 10.0 Å². The largest absolute Gasteiger partial charge is 0.322 e. The Kier molecular flexibility index (Phi) is 5.67. The number of aryl methyl sites for hydroxylation is 1. The lowest BCUT2D eigenvalue weighted by Gasteiger charge is -2.10. The van der Waals surface area contributed by atoms with Crippen molar-refractivity contribution in [3.05, 3.63) is 88.7 Å². The van der Waals surface area contributed by atoms with Crippen LogP contribution in [-0.2, 0) is 10.0 Å². The molecule has 3 aromatic carbocycles. The van der Waals surface area contributed by atoms with Crippen LogP contribution in [0.2, 0.25) is 5.02 Å². The Bertz CT molecular complexity index is 1120. The molecule has 0 aliphatic heterocycles. The topological polar surface area (TPSA) is 75.3 Å². The van der Waals surface area contributed by atoms with E-state index in [0.717, 1.165) is 17.7 Å². The maximum atomic E-state index is 12.9. The summed E-state index contributed by atoms with van der Waals surface area (Å²) >= 11 is 5.95. The van der Waals surface area contributed by atoms with Crippen LogP contribution in [-0.4, -0.2) is 14.3 Å². The van der Waals surface area contributed by atoms with Crippen LogP contribution in [0.1, 0.15) is 15.9 Å². The van der Waals surface area contributed by atoms with Crippen LogP contribution in [0, 0.1) is 12.7 Å². The zero-order valence-corrected chi connectivity index (χ0v) is 16.3. The molecule has 0 fully saturated rings. The van der Waals surface area contributed by atoms with Crippen LogP contribution in [0.25, 0.3) is 0 Å². The van der Waals surface area contributed by atoms with Gasteiger partial charge >= 0.3 is 0 Å². The summed E-state index contributed by atoms with van der Waals surface area (Å²) in [5.74, 6) is -0.853. The van der Waals surface area contributed by atoms with Crippen LogP contribution in [0.15, 0.2) is 71.6 Å². The minimum atomic E-state index is -3.86. The third kappa shape index (κ3) is 4.68. The van der Waals surface area contributed by atoms with Gasteiger partial charge in [0.25, 0.3) is 15.9 Å². The number of amides is 1. The molecule has 3 aromatic rings. The van der Waals surface area contributed by atoms with E-state index in [1.54, 1.807) is 18.2 Å². The summed E-state index contributed by atoms with van der Waals surface area (Å²) in [6, 6.07) is 15.6. The van der Waals surface area contributed by atoms with Gasteiger partial charge in [0.05, 0.1) is 4.90 Å². The Morgan fingerprint density at radius 2 is 1.61 bits per heavy atom. The SMILES string of the molecule is Cc1ccc(Cl)cc1NC(=O)c1ccc(S(=O)(=O)Nc2ccc(F)cc2)cc1. The number of carbonyl (C=O) groups excluding carboxylic acids is 1. The van der Waals surface area contributed by atoms with Gasteiger partial charge in [-0.2, -0.15) is 0 Å². The number of anilines is 2. The number of rotatable bonds is 5. The summed E-state index contributed by atoms with van der Waals surface area (Å²) in [6.45, 7) is 1.84. The molecular formula is C20H16ClFN2O3S. The number of halogens is 2. The van der Waals surface area contributed by atoms with Crippen LogP contribution in [0.5, 0.6) is 0 Å². The Morgan fingerprint density at radius 3 is 2.25 bits per heavy atom. The van der Waals surface area contributed by atoms with Crippen LogP contribution in [0.4, 0.5) is 15.8 Å². The monoisotopic (exact) mass is 418 g/mol. The minimum absolute atomic E-state index is 0.0210. The number of nitrogens with one attached hydrogen (secondary N) is 2. The highest BCUT2D eigenvalue weighted by Gasteiger charge is 2.16. The van der Waals surface area contributed by atoms with Crippen molar-refractivity contribution in [1.29, 1.82) is 0 Å². The highest BCUT2D eigenvalue weighted by atomic mass is 35.5. The average Bonchev–Trinajstić information content (AvgIpc) is 2.66. The predicted molar refractivity (Wildman–Crippen MR) is 108 cm³/mol. The molecular weight excluding hydrogens is 403 g/mol. The number of carbonyl (C=O) groups is 1. The maximum Gasteiger partial charge on any atom is 0.261 e. The second kappa shape index (κ2) is 8.00. The summed E-state index contributed by atoms with van der Waals surface area (Å²) in [4.78, 5) is 12.4. The van der Waals surface area contributed by atoms with Gasteiger partial charge in [-0.1, -0.05) is 17.7 Å². The molecule has 28 heavy (non-hydrogen) atoms. The van der Waals surface area contributed by atoms with Crippen molar-refractivity contribution < 1.29 is 17.6 Å². The van der Waals surface area contributed by atoms with Crippen molar-refractivity contribution in [2.45, 2.75) is 11.8 Å². The first-order valence-electron chi connectivity index (χ1n) is 8.20. The normalized spacial score (nSPS) is 11.1. The Hall–Kier alpha value is -2.90. The highest BCUT2D eigenvalue weighted by Crippen LogP contribution is 2.22. The zero-order valence-electron chi connectivity index (χ0n) is 14.7. The molecule has 0 heterocycles. The molecule has 0 aliphatic carbocycles. The van der Waals surface area contributed by atoms with Gasteiger partial charge < -0.3 is 5.32 Å². The summed E-state index contributed by atoms with van der Waals surface area (Å²) in [7, 11) is -3.86.